The molecule has 1 aliphatic rings. The maximum atomic E-state index is 13.6. The van der Waals surface area contributed by atoms with Gasteiger partial charge in [-0.15, -0.1) is 12.4 Å². The lowest BCUT2D eigenvalue weighted by molar-refractivity contribution is 0.0736. The minimum absolute atomic E-state index is 0. The highest BCUT2D eigenvalue weighted by molar-refractivity contribution is 9.10. The van der Waals surface area contributed by atoms with Crippen molar-refractivity contribution < 1.29 is 9.18 Å². The van der Waals surface area contributed by atoms with E-state index in [9.17, 15) is 9.18 Å². The first-order chi connectivity index (χ1) is 8.13. The number of hydrogen-bond acceptors (Lipinski definition) is 2. The summed E-state index contributed by atoms with van der Waals surface area (Å²) in [5.41, 5.74) is 5.72. The zero-order valence-corrected chi connectivity index (χ0v) is 12.1. The first kappa shape index (κ1) is 15.4. The summed E-state index contributed by atoms with van der Waals surface area (Å²) in [5.74, 6) is -0.752. The lowest BCUT2D eigenvalue weighted by atomic mass is 10.1. The first-order valence-corrected chi connectivity index (χ1v) is 6.39. The zero-order valence-electron chi connectivity index (χ0n) is 9.73. The predicted molar refractivity (Wildman–Crippen MR) is 74.5 cm³/mol. The summed E-state index contributed by atoms with van der Waals surface area (Å²) in [6, 6.07) is 4.44. The van der Waals surface area contributed by atoms with Crippen LogP contribution in [0.2, 0.25) is 0 Å². The number of benzene rings is 1. The monoisotopic (exact) mass is 336 g/mol. The van der Waals surface area contributed by atoms with Crippen molar-refractivity contribution in [2.75, 3.05) is 13.1 Å². The van der Waals surface area contributed by atoms with Gasteiger partial charge in [0.2, 0.25) is 0 Å². The topological polar surface area (TPSA) is 46.3 Å². The second kappa shape index (κ2) is 6.50. The van der Waals surface area contributed by atoms with Crippen LogP contribution in [0.4, 0.5) is 4.39 Å². The summed E-state index contributed by atoms with van der Waals surface area (Å²) < 4.78 is 14.3. The van der Waals surface area contributed by atoms with E-state index < -0.39 is 5.82 Å². The quantitative estimate of drug-likeness (QED) is 0.901. The first-order valence-electron chi connectivity index (χ1n) is 5.59. The third-order valence-corrected chi connectivity index (χ3v) is 3.56. The number of halogens is 3. The van der Waals surface area contributed by atoms with Crippen molar-refractivity contribution >= 4 is 34.2 Å². The van der Waals surface area contributed by atoms with Gasteiger partial charge in [0.1, 0.15) is 5.82 Å². The normalized spacial score (nSPS) is 18.6. The van der Waals surface area contributed by atoms with Gasteiger partial charge in [0.05, 0.1) is 5.56 Å². The number of nitrogens with zero attached hydrogens (tertiary/aromatic N) is 1. The highest BCUT2D eigenvalue weighted by Crippen LogP contribution is 2.22. The molecule has 2 rings (SSSR count). The summed E-state index contributed by atoms with van der Waals surface area (Å²) >= 11 is 3.24. The largest absolute Gasteiger partial charge is 0.334 e. The fraction of sp³-hybridized carbons (Fsp3) is 0.417. The van der Waals surface area contributed by atoms with E-state index in [2.05, 4.69) is 15.9 Å². The third-order valence-electron chi connectivity index (χ3n) is 3.07. The number of rotatable bonds is 2. The number of nitrogens with two attached hydrogens (primary N) is 1. The molecule has 6 heteroatoms. The van der Waals surface area contributed by atoms with Crippen molar-refractivity contribution in [1.29, 1.82) is 0 Å². The average molecular weight is 338 g/mol. The van der Waals surface area contributed by atoms with Crippen molar-refractivity contribution in [3.63, 3.8) is 0 Å². The fourth-order valence-corrected chi connectivity index (χ4v) is 2.53. The molecule has 0 saturated carbocycles. The van der Waals surface area contributed by atoms with Crippen LogP contribution in [0, 0.1) is 5.82 Å². The standard InChI is InChI=1S/C12H14BrFN2O.ClH/c13-8-3-4-11(14)10(6-8)12(17)16-5-1-2-9(16)7-15;/h3-4,6,9H,1-2,5,7,15H2;1H. The molecule has 1 aliphatic heterocycles. The number of amides is 1. The van der Waals surface area contributed by atoms with E-state index >= 15 is 0 Å². The molecule has 2 N–H and O–H groups in total. The number of carbonyl (C=O) groups is 1. The van der Waals surface area contributed by atoms with Crippen molar-refractivity contribution in [2.24, 2.45) is 5.73 Å². The van der Waals surface area contributed by atoms with Gasteiger partial charge >= 0.3 is 0 Å². The molecule has 0 spiro atoms. The maximum absolute atomic E-state index is 13.6. The van der Waals surface area contributed by atoms with Crippen molar-refractivity contribution in [3.8, 4) is 0 Å². The van der Waals surface area contributed by atoms with Crippen LogP contribution in [-0.2, 0) is 0 Å². The lowest BCUT2D eigenvalue weighted by Crippen LogP contribution is -2.40. The molecule has 1 aromatic rings. The van der Waals surface area contributed by atoms with Crippen LogP contribution >= 0.6 is 28.3 Å². The Bertz CT molecular complexity index is 444. The van der Waals surface area contributed by atoms with Gasteiger partial charge in [0, 0.05) is 23.6 Å². The minimum Gasteiger partial charge on any atom is -0.334 e. The molecular weight excluding hydrogens is 322 g/mol. The van der Waals surface area contributed by atoms with Crippen molar-refractivity contribution in [1.82, 2.24) is 4.90 Å². The summed E-state index contributed by atoms with van der Waals surface area (Å²) in [7, 11) is 0. The molecule has 0 aromatic heterocycles. The van der Waals surface area contributed by atoms with Crippen LogP contribution in [0.5, 0.6) is 0 Å². The number of likely N-dealkylation sites (tertiary alicyclic amines) is 1. The average Bonchev–Trinajstić information content (AvgIpc) is 2.79. The Balaban J connectivity index is 0.00000162. The highest BCUT2D eigenvalue weighted by atomic mass is 79.9. The molecule has 100 valence electrons. The van der Waals surface area contributed by atoms with E-state index in [1.165, 1.54) is 12.1 Å². The summed E-state index contributed by atoms with van der Waals surface area (Å²) in [4.78, 5) is 13.9. The smallest absolute Gasteiger partial charge is 0.257 e. The molecule has 18 heavy (non-hydrogen) atoms. The van der Waals surface area contributed by atoms with Gasteiger partial charge in [0.25, 0.3) is 5.91 Å². The van der Waals surface area contributed by atoms with Gasteiger partial charge in [-0.1, -0.05) is 15.9 Å². The number of carbonyl (C=O) groups excluding carboxylic acids is 1. The predicted octanol–water partition coefficient (Wildman–Crippen LogP) is 2.57. The van der Waals surface area contributed by atoms with Crippen LogP contribution in [0.15, 0.2) is 22.7 Å². The Morgan fingerprint density at radius 3 is 2.94 bits per heavy atom. The maximum Gasteiger partial charge on any atom is 0.257 e. The molecular formula is C12H15BrClFN2O. The Morgan fingerprint density at radius 1 is 1.56 bits per heavy atom. The van der Waals surface area contributed by atoms with E-state index in [1.54, 1.807) is 11.0 Å². The van der Waals surface area contributed by atoms with Gasteiger partial charge in [-0.05, 0) is 31.0 Å². The summed E-state index contributed by atoms with van der Waals surface area (Å²) in [6.45, 7) is 1.09. The van der Waals surface area contributed by atoms with Gasteiger partial charge in [0.15, 0.2) is 0 Å². The SMILES string of the molecule is Cl.NCC1CCCN1C(=O)c1cc(Br)ccc1F. The van der Waals surface area contributed by atoms with Crippen LogP contribution < -0.4 is 5.73 Å². The molecule has 1 saturated heterocycles. The Kier molecular flexibility index (Phi) is 5.56. The van der Waals surface area contributed by atoms with Gasteiger partial charge in [-0.2, -0.15) is 0 Å². The van der Waals surface area contributed by atoms with Crippen LogP contribution in [0.1, 0.15) is 23.2 Å². The molecule has 1 heterocycles. The van der Waals surface area contributed by atoms with E-state index in [-0.39, 0.29) is 29.9 Å². The molecule has 1 aromatic carbocycles. The van der Waals surface area contributed by atoms with E-state index in [4.69, 9.17) is 5.73 Å². The molecule has 0 bridgehead atoms. The lowest BCUT2D eigenvalue weighted by Gasteiger charge is -2.23. The molecule has 3 nitrogen and oxygen atoms in total. The molecule has 1 amide bonds. The molecule has 0 radical (unpaired) electrons. The molecule has 1 unspecified atom stereocenters. The Hall–Kier alpha value is -0.650. The fourth-order valence-electron chi connectivity index (χ4n) is 2.16. The third kappa shape index (κ3) is 3.02. The second-order valence-electron chi connectivity index (χ2n) is 4.15. The van der Waals surface area contributed by atoms with Crippen molar-refractivity contribution in [2.45, 2.75) is 18.9 Å². The number of hydrogen-bond donors (Lipinski definition) is 1. The second-order valence-corrected chi connectivity index (χ2v) is 5.07. The summed E-state index contributed by atoms with van der Waals surface area (Å²) in [5, 5.41) is 0. The van der Waals surface area contributed by atoms with Gasteiger partial charge < -0.3 is 10.6 Å². The minimum atomic E-state index is -0.485. The van der Waals surface area contributed by atoms with Crippen LogP contribution in [-0.4, -0.2) is 29.9 Å². The van der Waals surface area contributed by atoms with E-state index in [0.29, 0.717) is 17.6 Å². The van der Waals surface area contributed by atoms with Gasteiger partial charge in [-0.25, -0.2) is 4.39 Å². The van der Waals surface area contributed by atoms with Crippen LogP contribution in [0.3, 0.4) is 0 Å². The Labute approximate surface area is 120 Å². The Morgan fingerprint density at radius 2 is 2.28 bits per heavy atom. The van der Waals surface area contributed by atoms with E-state index in [1.807, 2.05) is 0 Å². The molecule has 1 atom stereocenters. The van der Waals surface area contributed by atoms with Gasteiger partial charge in [-0.3, -0.25) is 4.79 Å². The van der Waals surface area contributed by atoms with E-state index in [0.717, 1.165) is 12.8 Å². The zero-order chi connectivity index (χ0) is 12.4. The molecule has 1 fully saturated rings. The van der Waals surface area contributed by atoms with Crippen LogP contribution in [0.25, 0.3) is 0 Å². The molecule has 0 aliphatic carbocycles. The summed E-state index contributed by atoms with van der Waals surface area (Å²) in [6.07, 6.45) is 1.83. The highest BCUT2D eigenvalue weighted by Gasteiger charge is 2.29. The van der Waals surface area contributed by atoms with Crippen molar-refractivity contribution in [3.05, 3.63) is 34.1 Å².